The van der Waals surface area contributed by atoms with Crippen LogP contribution in [0, 0.1) is 5.41 Å². The largest absolute Gasteiger partial charge is 0.478 e. The Morgan fingerprint density at radius 2 is 1.61 bits per heavy atom. The lowest BCUT2D eigenvalue weighted by molar-refractivity contribution is -0.131. The van der Waals surface area contributed by atoms with Gasteiger partial charge < -0.3 is 20.9 Å². The number of nitrogens with one attached hydrogen (secondary N) is 2. The number of rotatable bonds is 6. The van der Waals surface area contributed by atoms with Crippen molar-refractivity contribution in [2.75, 3.05) is 5.32 Å². The first-order chi connectivity index (χ1) is 14.8. The Hall–Kier alpha value is -4.46. The van der Waals surface area contributed by atoms with E-state index in [4.69, 9.17) is 15.9 Å². The summed E-state index contributed by atoms with van der Waals surface area (Å²) >= 11 is 0. The van der Waals surface area contributed by atoms with E-state index in [1.54, 1.807) is 42.5 Å². The second-order valence-corrected chi connectivity index (χ2v) is 6.60. The number of hydrogen-bond donors (Lipinski definition) is 4. The number of anilines is 1. The van der Waals surface area contributed by atoms with Crippen LogP contribution in [0.3, 0.4) is 0 Å². The molecule has 3 aromatic rings. The van der Waals surface area contributed by atoms with Crippen LogP contribution in [0.4, 0.5) is 5.69 Å². The lowest BCUT2D eigenvalue weighted by Gasteiger charge is -2.14. The van der Waals surface area contributed by atoms with Crippen molar-refractivity contribution in [1.82, 2.24) is 0 Å². The molecule has 0 atom stereocenters. The quantitative estimate of drug-likeness (QED) is 0.209. The summed E-state index contributed by atoms with van der Waals surface area (Å²) in [7, 11) is 0. The molecule has 0 spiro atoms. The van der Waals surface area contributed by atoms with E-state index in [1.165, 1.54) is 31.2 Å². The number of aromatic carboxylic acids is 1. The van der Waals surface area contributed by atoms with Gasteiger partial charge in [0, 0.05) is 23.7 Å². The fraction of sp³-hybridized carbons (Fsp3) is 0.0435. The van der Waals surface area contributed by atoms with Crippen LogP contribution in [-0.4, -0.2) is 28.8 Å². The highest BCUT2D eigenvalue weighted by Crippen LogP contribution is 2.31. The normalized spacial score (nSPS) is 10.2. The molecule has 5 N–H and O–H groups in total. The minimum Gasteiger partial charge on any atom is -0.478 e. The number of ether oxygens (including phenoxy) is 1. The maximum atomic E-state index is 13.0. The first-order valence-corrected chi connectivity index (χ1v) is 9.17. The maximum Gasteiger partial charge on any atom is 0.336 e. The zero-order valence-corrected chi connectivity index (χ0v) is 16.5. The van der Waals surface area contributed by atoms with Crippen molar-refractivity contribution in [3.05, 3.63) is 83.4 Å². The summed E-state index contributed by atoms with van der Waals surface area (Å²) in [5.74, 6) is -2.09. The molecule has 0 aliphatic heterocycles. The fourth-order valence-electron chi connectivity index (χ4n) is 3.01. The summed E-state index contributed by atoms with van der Waals surface area (Å²) < 4.78 is 5.12. The number of esters is 1. The topological polar surface area (TPSA) is 143 Å². The van der Waals surface area contributed by atoms with Gasteiger partial charge in [-0.1, -0.05) is 18.2 Å². The Labute approximate surface area is 177 Å². The minimum absolute atomic E-state index is 0.00216. The molecule has 0 aromatic heterocycles. The van der Waals surface area contributed by atoms with Gasteiger partial charge in [-0.2, -0.15) is 0 Å². The second kappa shape index (κ2) is 8.91. The summed E-state index contributed by atoms with van der Waals surface area (Å²) in [5.41, 5.74) is 7.23. The highest BCUT2D eigenvalue weighted by Gasteiger charge is 2.19. The van der Waals surface area contributed by atoms with Crippen molar-refractivity contribution in [1.29, 1.82) is 5.41 Å². The average molecular weight is 417 g/mol. The summed E-state index contributed by atoms with van der Waals surface area (Å²) in [6.45, 7) is 1.25. The Kier molecular flexibility index (Phi) is 6.11. The maximum absolute atomic E-state index is 13.0. The van der Waals surface area contributed by atoms with Crippen molar-refractivity contribution >= 4 is 29.4 Å². The van der Waals surface area contributed by atoms with Gasteiger partial charge in [0.2, 0.25) is 0 Å². The number of carbonyl (C=O) groups excluding carboxylic acids is 2. The van der Waals surface area contributed by atoms with Crippen LogP contribution in [0.5, 0.6) is 5.75 Å². The van der Waals surface area contributed by atoms with E-state index in [2.05, 4.69) is 5.32 Å². The molecule has 156 valence electrons. The third-order valence-electron chi connectivity index (χ3n) is 4.40. The van der Waals surface area contributed by atoms with Gasteiger partial charge in [0.25, 0.3) is 5.91 Å². The number of amidine groups is 1. The first-order valence-electron chi connectivity index (χ1n) is 9.17. The number of carboxylic acid groups (broad SMARTS) is 1. The van der Waals surface area contributed by atoms with Crippen LogP contribution in [0.2, 0.25) is 0 Å². The van der Waals surface area contributed by atoms with E-state index in [0.717, 1.165) is 0 Å². The van der Waals surface area contributed by atoms with Crippen LogP contribution < -0.4 is 15.8 Å². The molecule has 0 unspecified atom stereocenters. The molecule has 0 saturated heterocycles. The Morgan fingerprint density at radius 1 is 0.935 bits per heavy atom. The summed E-state index contributed by atoms with van der Waals surface area (Å²) in [4.78, 5) is 36.1. The summed E-state index contributed by atoms with van der Waals surface area (Å²) in [5, 5.41) is 19.7. The first kappa shape index (κ1) is 21.3. The SMILES string of the molecule is CC(=O)Oc1ccc(C(=O)Nc2ccc(C(=N)N)cc2)c(-c2ccccc2C(=O)O)c1. The standard InChI is InChI=1S/C23H19N3O5/c1-13(27)31-16-10-11-18(20(12-16)17-4-2-3-5-19(17)23(29)30)22(28)26-15-8-6-14(7-9-15)21(24)25/h2-12H,1H3,(H3,24,25)(H,26,28)(H,29,30). The molecule has 0 radical (unpaired) electrons. The Balaban J connectivity index is 2.05. The van der Waals surface area contributed by atoms with Crippen LogP contribution in [-0.2, 0) is 4.79 Å². The molecular formula is C23H19N3O5. The smallest absolute Gasteiger partial charge is 0.336 e. The van der Waals surface area contributed by atoms with Gasteiger partial charge in [0.1, 0.15) is 11.6 Å². The third-order valence-corrected chi connectivity index (χ3v) is 4.40. The van der Waals surface area contributed by atoms with Crippen LogP contribution in [0.15, 0.2) is 66.7 Å². The van der Waals surface area contributed by atoms with Gasteiger partial charge in [-0.05, 0) is 59.7 Å². The molecular weight excluding hydrogens is 398 g/mol. The predicted octanol–water partition coefficient (Wildman–Crippen LogP) is 3.51. The molecule has 3 rings (SSSR count). The molecule has 0 aliphatic rings. The molecule has 1 amide bonds. The van der Waals surface area contributed by atoms with Crippen molar-refractivity contribution in [3.63, 3.8) is 0 Å². The van der Waals surface area contributed by atoms with Crippen molar-refractivity contribution in [2.45, 2.75) is 6.92 Å². The van der Waals surface area contributed by atoms with E-state index in [1.807, 2.05) is 0 Å². The number of amides is 1. The summed E-state index contributed by atoms with van der Waals surface area (Å²) in [6, 6.07) is 17.0. The molecule has 8 heteroatoms. The van der Waals surface area contributed by atoms with E-state index in [9.17, 15) is 19.5 Å². The van der Waals surface area contributed by atoms with Crippen LogP contribution in [0.25, 0.3) is 11.1 Å². The average Bonchev–Trinajstić information content (AvgIpc) is 2.73. The summed E-state index contributed by atoms with van der Waals surface area (Å²) in [6.07, 6.45) is 0. The molecule has 8 nitrogen and oxygen atoms in total. The number of carbonyl (C=O) groups is 3. The van der Waals surface area contributed by atoms with Crippen molar-refractivity contribution in [2.24, 2.45) is 5.73 Å². The Morgan fingerprint density at radius 3 is 2.23 bits per heavy atom. The van der Waals surface area contributed by atoms with Crippen LogP contribution in [0.1, 0.15) is 33.2 Å². The molecule has 0 heterocycles. The molecule has 0 bridgehead atoms. The second-order valence-electron chi connectivity index (χ2n) is 6.60. The zero-order valence-electron chi connectivity index (χ0n) is 16.5. The molecule has 31 heavy (non-hydrogen) atoms. The van der Waals surface area contributed by atoms with Gasteiger partial charge in [-0.25, -0.2) is 4.79 Å². The van der Waals surface area contributed by atoms with Crippen molar-refractivity contribution < 1.29 is 24.2 Å². The number of nitrogens with two attached hydrogens (primary N) is 1. The predicted molar refractivity (Wildman–Crippen MR) is 116 cm³/mol. The van der Waals surface area contributed by atoms with E-state index in [0.29, 0.717) is 22.4 Å². The molecule has 0 aliphatic carbocycles. The minimum atomic E-state index is -1.15. The highest BCUT2D eigenvalue weighted by molar-refractivity contribution is 6.10. The molecule has 0 fully saturated rings. The zero-order chi connectivity index (χ0) is 22.5. The molecule has 3 aromatic carbocycles. The number of carboxylic acids is 1. The Bertz CT molecular complexity index is 1190. The number of benzene rings is 3. The van der Waals surface area contributed by atoms with Gasteiger partial charge in [0.15, 0.2) is 0 Å². The fourth-order valence-corrected chi connectivity index (χ4v) is 3.01. The van der Waals surface area contributed by atoms with Gasteiger partial charge in [-0.15, -0.1) is 0 Å². The monoisotopic (exact) mass is 417 g/mol. The van der Waals surface area contributed by atoms with E-state index in [-0.39, 0.29) is 22.7 Å². The van der Waals surface area contributed by atoms with Gasteiger partial charge >= 0.3 is 11.9 Å². The van der Waals surface area contributed by atoms with E-state index < -0.39 is 17.8 Å². The molecule has 0 saturated carbocycles. The number of hydrogen-bond acceptors (Lipinski definition) is 5. The van der Waals surface area contributed by atoms with Crippen LogP contribution >= 0.6 is 0 Å². The lowest BCUT2D eigenvalue weighted by Crippen LogP contribution is -2.15. The van der Waals surface area contributed by atoms with Gasteiger partial charge in [-0.3, -0.25) is 15.0 Å². The van der Waals surface area contributed by atoms with Crippen molar-refractivity contribution in [3.8, 4) is 16.9 Å². The van der Waals surface area contributed by atoms with Gasteiger partial charge in [0.05, 0.1) is 5.56 Å². The lowest BCUT2D eigenvalue weighted by atomic mass is 9.94. The third kappa shape index (κ3) is 4.94. The van der Waals surface area contributed by atoms with E-state index >= 15 is 0 Å². The highest BCUT2D eigenvalue weighted by atomic mass is 16.5. The number of nitrogen functional groups attached to an aromatic ring is 1.